The number of hydrogen-bond donors (Lipinski definition) is 1. The molecule has 1 aromatic rings. The van der Waals surface area contributed by atoms with Crippen LogP contribution >= 0.6 is 11.6 Å². The van der Waals surface area contributed by atoms with Crippen molar-refractivity contribution >= 4 is 11.6 Å². The molecule has 0 radical (unpaired) electrons. The summed E-state index contributed by atoms with van der Waals surface area (Å²) in [7, 11) is 0. The van der Waals surface area contributed by atoms with E-state index in [1.807, 2.05) is 13.8 Å². The van der Waals surface area contributed by atoms with Gasteiger partial charge < -0.3 is 14.6 Å². The van der Waals surface area contributed by atoms with E-state index < -0.39 is 0 Å². The Morgan fingerprint density at radius 3 is 1.93 bits per heavy atom. The van der Waals surface area contributed by atoms with Crippen molar-refractivity contribution in [3.05, 3.63) is 17.2 Å². The minimum atomic E-state index is 0.0845. The minimum Gasteiger partial charge on any atom is -0.508 e. The number of halogens is 1. The highest BCUT2D eigenvalue weighted by Crippen LogP contribution is 2.37. The molecule has 78 valence electrons. The van der Waals surface area contributed by atoms with Gasteiger partial charge in [-0.3, -0.25) is 0 Å². The molecule has 1 N–H and O–H groups in total. The van der Waals surface area contributed by atoms with Crippen LogP contribution in [0.4, 0.5) is 0 Å². The molecule has 0 aliphatic carbocycles. The SMILES string of the molecule is CCOc1cc(O)cc(OCC)c1Cl. The highest BCUT2D eigenvalue weighted by molar-refractivity contribution is 6.33. The number of phenolic OH excluding ortho intramolecular Hbond substituents is 1. The highest BCUT2D eigenvalue weighted by Gasteiger charge is 2.10. The summed E-state index contributed by atoms with van der Waals surface area (Å²) in [6, 6.07) is 2.93. The van der Waals surface area contributed by atoms with E-state index in [1.54, 1.807) is 0 Å². The van der Waals surface area contributed by atoms with E-state index in [0.29, 0.717) is 29.7 Å². The van der Waals surface area contributed by atoms with Crippen molar-refractivity contribution in [3.63, 3.8) is 0 Å². The molecule has 0 saturated carbocycles. The van der Waals surface area contributed by atoms with Gasteiger partial charge in [0.2, 0.25) is 0 Å². The molecular weight excluding hydrogens is 204 g/mol. The molecule has 1 rings (SSSR count). The lowest BCUT2D eigenvalue weighted by Crippen LogP contribution is -1.96. The van der Waals surface area contributed by atoms with Crippen molar-refractivity contribution in [2.75, 3.05) is 13.2 Å². The number of ether oxygens (including phenoxy) is 2. The van der Waals surface area contributed by atoms with E-state index in [9.17, 15) is 5.11 Å². The topological polar surface area (TPSA) is 38.7 Å². The summed E-state index contributed by atoms with van der Waals surface area (Å²) in [6.07, 6.45) is 0. The molecule has 0 spiro atoms. The van der Waals surface area contributed by atoms with Crippen LogP contribution in [-0.2, 0) is 0 Å². The molecule has 0 aromatic heterocycles. The summed E-state index contributed by atoms with van der Waals surface area (Å²) in [5.41, 5.74) is 0. The molecule has 3 nitrogen and oxygen atoms in total. The van der Waals surface area contributed by atoms with Gasteiger partial charge in [0.15, 0.2) is 0 Å². The van der Waals surface area contributed by atoms with Gasteiger partial charge in [0.05, 0.1) is 13.2 Å². The third-order valence-corrected chi connectivity index (χ3v) is 1.96. The van der Waals surface area contributed by atoms with Crippen LogP contribution in [0.15, 0.2) is 12.1 Å². The Balaban J connectivity index is 3.04. The Hall–Kier alpha value is -1.09. The molecule has 0 heterocycles. The predicted octanol–water partition coefficient (Wildman–Crippen LogP) is 2.84. The summed E-state index contributed by atoms with van der Waals surface area (Å²) < 4.78 is 10.5. The first-order chi connectivity index (χ1) is 6.69. The van der Waals surface area contributed by atoms with Crippen LogP contribution in [0.2, 0.25) is 5.02 Å². The van der Waals surface area contributed by atoms with Crippen LogP contribution in [0, 0.1) is 0 Å². The quantitative estimate of drug-likeness (QED) is 0.841. The third kappa shape index (κ3) is 2.45. The van der Waals surface area contributed by atoms with Crippen molar-refractivity contribution in [2.24, 2.45) is 0 Å². The maximum absolute atomic E-state index is 9.35. The van der Waals surface area contributed by atoms with Crippen LogP contribution in [0.3, 0.4) is 0 Å². The van der Waals surface area contributed by atoms with Crippen LogP contribution in [0.5, 0.6) is 17.2 Å². The largest absolute Gasteiger partial charge is 0.508 e. The lowest BCUT2D eigenvalue weighted by Gasteiger charge is -2.11. The van der Waals surface area contributed by atoms with E-state index in [0.717, 1.165) is 0 Å². The van der Waals surface area contributed by atoms with Gasteiger partial charge in [0.1, 0.15) is 22.3 Å². The van der Waals surface area contributed by atoms with Gasteiger partial charge in [-0.05, 0) is 13.8 Å². The van der Waals surface area contributed by atoms with Crippen molar-refractivity contribution in [1.29, 1.82) is 0 Å². The summed E-state index contributed by atoms with van der Waals surface area (Å²) in [5, 5.41) is 9.75. The van der Waals surface area contributed by atoms with Crippen LogP contribution in [0.1, 0.15) is 13.8 Å². The molecule has 0 fully saturated rings. The number of hydrogen-bond acceptors (Lipinski definition) is 3. The van der Waals surface area contributed by atoms with Gasteiger partial charge in [-0.25, -0.2) is 0 Å². The second kappa shape index (κ2) is 4.96. The summed E-state index contributed by atoms with van der Waals surface area (Å²) in [4.78, 5) is 0. The second-order valence-electron chi connectivity index (χ2n) is 2.62. The fraction of sp³-hybridized carbons (Fsp3) is 0.400. The number of phenols is 1. The lowest BCUT2D eigenvalue weighted by atomic mass is 10.3. The average Bonchev–Trinajstić information content (AvgIpc) is 2.14. The van der Waals surface area contributed by atoms with E-state index in [2.05, 4.69) is 0 Å². The van der Waals surface area contributed by atoms with Gasteiger partial charge in [-0.1, -0.05) is 11.6 Å². The Morgan fingerprint density at radius 2 is 1.57 bits per heavy atom. The van der Waals surface area contributed by atoms with Crippen LogP contribution < -0.4 is 9.47 Å². The number of aromatic hydroxyl groups is 1. The fourth-order valence-electron chi connectivity index (χ4n) is 1.08. The van der Waals surface area contributed by atoms with Gasteiger partial charge in [-0.2, -0.15) is 0 Å². The van der Waals surface area contributed by atoms with E-state index in [4.69, 9.17) is 21.1 Å². The van der Waals surface area contributed by atoms with Gasteiger partial charge in [-0.15, -0.1) is 0 Å². The first-order valence-electron chi connectivity index (χ1n) is 4.47. The Labute approximate surface area is 88.2 Å². The van der Waals surface area contributed by atoms with Crippen LogP contribution in [0.25, 0.3) is 0 Å². The van der Waals surface area contributed by atoms with E-state index in [1.165, 1.54) is 12.1 Å². The van der Waals surface area contributed by atoms with Crippen molar-refractivity contribution in [1.82, 2.24) is 0 Å². The highest BCUT2D eigenvalue weighted by atomic mass is 35.5. The molecule has 0 amide bonds. The second-order valence-corrected chi connectivity index (χ2v) is 3.00. The zero-order valence-corrected chi connectivity index (χ0v) is 8.97. The molecule has 0 aliphatic heterocycles. The van der Waals surface area contributed by atoms with Crippen molar-refractivity contribution < 1.29 is 14.6 Å². The molecule has 4 heteroatoms. The van der Waals surface area contributed by atoms with Crippen molar-refractivity contribution in [3.8, 4) is 17.2 Å². The zero-order valence-electron chi connectivity index (χ0n) is 8.21. The molecule has 14 heavy (non-hydrogen) atoms. The van der Waals surface area contributed by atoms with Gasteiger partial charge >= 0.3 is 0 Å². The van der Waals surface area contributed by atoms with Gasteiger partial charge in [0.25, 0.3) is 0 Å². The van der Waals surface area contributed by atoms with Crippen molar-refractivity contribution in [2.45, 2.75) is 13.8 Å². The molecule has 0 unspecified atom stereocenters. The molecule has 0 aliphatic rings. The first-order valence-corrected chi connectivity index (χ1v) is 4.85. The molecule has 0 atom stereocenters. The Bertz CT molecular complexity index is 285. The molecule has 1 aromatic carbocycles. The zero-order chi connectivity index (χ0) is 10.6. The fourth-order valence-corrected chi connectivity index (χ4v) is 1.30. The van der Waals surface area contributed by atoms with Crippen LogP contribution in [-0.4, -0.2) is 18.3 Å². The monoisotopic (exact) mass is 216 g/mol. The lowest BCUT2D eigenvalue weighted by molar-refractivity contribution is 0.319. The maximum atomic E-state index is 9.35. The minimum absolute atomic E-state index is 0.0845. The summed E-state index contributed by atoms with van der Waals surface area (Å²) in [6.45, 7) is 4.69. The molecule has 0 bridgehead atoms. The smallest absolute Gasteiger partial charge is 0.145 e. The molecular formula is C10H13ClO3. The average molecular weight is 217 g/mol. The Morgan fingerprint density at radius 1 is 1.14 bits per heavy atom. The summed E-state index contributed by atoms with van der Waals surface area (Å²) in [5.74, 6) is 0.969. The maximum Gasteiger partial charge on any atom is 0.145 e. The standard InChI is InChI=1S/C10H13ClO3/c1-3-13-8-5-7(12)6-9(10(8)11)14-4-2/h5-6,12H,3-4H2,1-2H3. The normalized spacial score (nSPS) is 9.93. The van der Waals surface area contributed by atoms with E-state index in [-0.39, 0.29) is 5.75 Å². The van der Waals surface area contributed by atoms with E-state index >= 15 is 0 Å². The predicted molar refractivity (Wildman–Crippen MR) is 55.5 cm³/mol. The number of benzene rings is 1. The molecule has 0 saturated heterocycles. The van der Waals surface area contributed by atoms with Gasteiger partial charge in [0, 0.05) is 12.1 Å². The first kappa shape index (κ1) is 11.0. The Kier molecular flexibility index (Phi) is 3.89. The summed E-state index contributed by atoms with van der Waals surface area (Å²) >= 11 is 5.98. The number of rotatable bonds is 4. The third-order valence-electron chi connectivity index (χ3n) is 1.59.